The minimum Gasteiger partial charge on any atom is -0.468 e. The number of nitrogens with zero attached hydrogens (tertiary/aromatic N) is 2. The first kappa shape index (κ1) is 11.6. The van der Waals surface area contributed by atoms with Gasteiger partial charge >= 0.3 is 5.97 Å². The molecule has 1 aliphatic rings. The van der Waals surface area contributed by atoms with Gasteiger partial charge in [-0.2, -0.15) is 0 Å². The molecule has 2 heterocycles. The Hall–Kier alpha value is -1.91. The molecule has 1 aromatic heterocycles. The second kappa shape index (κ2) is 4.95. The van der Waals surface area contributed by atoms with E-state index < -0.39 is 11.9 Å². The monoisotopic (exact) mass is 234 g/mol. The molecule has 0 aromatic carbocycles. The number of ketones is 1. The second-order valence-corrected chi connectivity index (χ2v) is 3.94. The van der Waals surface area contributed by atoms with Crippen molar-refractivity contribution in [2.24, 2.45) is 5.92 Å². The van der Waals surface area contributed by atoms with E-state index in [4.69, 9.17) is 0 Å². The van der Waals surface area contributed by atoms with Gasteiger partial charge in [0.05, 0.1) is 7.11 Å². The molecule has 1 aliphatic heterocycles. The number of carbonyl (C=O) groups is 2. The van der Waals surface area contributed by atoms with Crippen molar-refractivity contribution in [3.05, 3.63) is 24.5 Å². The zero-order valence-corrected chi connectivity index (χ0v) is 9.63. The molecule has 2 rings (SSSR count). The molecule has 5 nitrogen and oxygen atoms in total. The van der Waals surface area contributed by atoms with Crippen LogP contribution in [-0.4, -0.2) is 36.9 Å². The van der Waals surface area contributed by atoms with Gasteiger partial charge in [0.25, 0.3) is 0 Å². The fourth-order valence-electron chi connectivity index (χ4n) is 1.97. The highest BCUT2D eigenvalue weighted by Gasteiger charge is 2.33. The topological polar surface area (TPSA) is 59.5 Å². The number of ether oxygens (including phenoxy) is 1. The van der Waals surface area contributed by atoms with Crippen LogP contribution in [0.15, 0.2) is 24.5 Å². The number of esters is 1. The summed E-state index contributed by atoms with van der Waals surface area (Å²) in [6.07, 6.45) is 3.76. The summed E-state index contributed by atoms with van der Waals surface area (Å²) in [6, 6.07) is 3.73. The van der Waals surface area contributed by atoms with Crippen molar-refractivity contribution in [1.82, 2.24) is 4.98 Å². The molecule has 5 heteroatoms. The van der Waals surface area contributed by atoms with Crippen molar-refractivity contribution >= 4 is 17.4 Å². The molecular weight excluding hydrogens is 220 g/mol. The first-order valence-corrected chi connectivity index (χ1v) is 5.48. The van der Waals surface area contributed by atoms with Crippen molar-refractivity contribution in [2.75, 3.05) is 25.1 Å². The maximum Gasteiger partial charge on any atom is 0.318 e. The van der Waals surface area contributed by atoms with Gasteiger partial charge in [-0.15, -0.1) is 0 Å². The van der Waals surface area contributed by atoms with Crippen LogP contribution in [-0.2, 0) is 14.3 Å². The lowest BCUT2D eigenvalue weighted by Gasteiger charge is -2.32. The Balaban J connectivity index is 2.13. The summed E-state index contributed by atoms with van der Waals surface area (Å²) in [7, 11) is 1.31. The van der Waals surface area contributed by atoms with Gasteiger partial charge in [-0.25, -0.2) is 0 Å². The highest BCUT2D eigenvalue weighted by Crippen LogP contribution is 2.21. The van der Waals surface area contributed by atoms with Crippen LogP contribution in [0.4, 0.5) is 5.69 Å². The molecule has 0 amide bonds. The number of hydrogen-bond acceptors (Lipinski definition) is 5. The van der Waals surface area contributed by atoms with E-state index in [0.29, 0.717) is 19.5 Å². The van der Waals surface area contributed by atoms with Crippen LogP contribution in [0.1, 0.15) is 6.42 Å². The second-order valence-electron chi connectivity index (χ2n) is 3.94. The molecule has 1 aromatic rings. The fourth-order valence-corrected chi connectivity index (χ4v) is 1.97. The largest absolute Gasteiger partial charge is 0.468 e. The molecule has 0 N–H and O–H groups in total. The number of pyridine rings is 1. The van der Waals surface area contributed by atoms with E-state index in [-0.39, 0.29) is 5.78 Å². The van der Waals surface area contributed by atoms with Gasteiger partial charge in [0.1, 0.15) is 5.92 Å². The number of hydrogen-bond donors (Lipinski definition) is 0. The van der Waals surface area contributed by atoms with Crippen molar-refractivity contribution in [2.45, 2.75) is 6.42 Å². The number of rotatable bonds is 2. The lowest BCUT2D eigenvalue weighted by Crippen LogP contribution is -2.44. The molecule has 17 heavy (non-hydrogen) atoms. The summed E-state index contributed by atoms with van der Waals surface area (Å²) in [4.78, 5) is 29.0. The summed E-state index contributed by atoms with van der Waals surface area (Å²) in [5.74, 6) is -1.15. The van der Waals surface area contributed by atoms with E-state index in [1.54, 1.807) is 12.4 Å². The predicted molar refractivity (Wildman–Crippen MR) is 61.6 cm³/mol. The molecule has 0 bridgehead atoms. The van der Waals surface area contributed by atoms with E-state index in [1.807, 2.05) is 17.0 Å². The zero-order valence-electron chi connectivity index (χ0n) is 9.63. The molecule has 1 atom stereocenters. The van der Waals surface area contributed by atoms with E-state index >= 15 is 0 Å². The van der Waals surface area contributed by atoms with Gasteiger partial charge in [0.15, 0.2) is 5.78 Å². The molecular formula is C12H14N2O3. The minimum atomic E-state index is -0.665. The van der Waals surface area contributed by atoms with E-state index in [9.17, 15) is 9.59 Å². The normalized spacial score (nSPS) is 20.2. The molecule has 1 unspecified atom stereocenters. The van der Waals surface area contributed by atoms with Gasteiger partial charge in [-0.1, -0.05) is 0 Å². The maximum atomic E-state index is 11.6. The van der Waals surface area contributed by atoms with Crippen LogP contribution < -0.4 is 4.90 Å². The number of carbonyl (C=O) groups excluding carboxylic acids is 2. The molecule has 0 aliphatic carbocycles. The third kappa shape index (κ3) is 2.43. The lowest BCUT2D eigenvalue weighted by atomic mass is 9.96. The van der Waals surface area contributed by atoms with Crippen LogP contribution in [0, 0.1) is 5.92 Å². The third-order valence-corrected chi connectivity index (χ3v) is 2.93. The predicted octanol–water partition coefficient (Wildman–Crippen LogP) is 0.650. The van der Waals surface area contributed by atoms with E-state index in [2.05, 4.69) is 9.72 Å². The Morgan fingerprint density at radius 2 is 2.18 bits per heavy atom. The van der Waals surface area contributed by atoms with Crippen LogP contribution in [0.5, 0.6) is 0 Å². The van der Waals surface area contributed by atoms with E-state index in [1.165, 1.54) is 7.11 Å². The lowest BCUT2D eigenvalue weighted by molar-refractivity contribution is -0.149. The SMILES string of the molecule is COC(=O)C1CN(c2ccncc2)CCC1=O. The first-order valence-electron chi connectivity index (χ1n) is 5.48. The quantitative estimate of drug-likeness (QED) is 0.555. The molecule has 1 fully saturated rings. The van der Waals surface area contributed by atoms with Crippen molar-refractivity contribution < 1.29 is 14.3 Å². The van der Waals surface area contributed by atoms with Crippen LogP contribution in [0.25, 0.3) is 0 Å². The Kier molecular flexibility index (Phi) is 3.37. The molecule has 1 saturated heterocycles. The number of piperidine rings is 1. The summed E-state index contributed by atoms with van der Waals surface area (Å²) in [6.45, 7) is 1.02. The summed E-state index contributed by atoms with van der Waals surface area (Å²) < 4.78 is 4.65. The smallest absolute Gasteiger partial charge is 0.318 e. The summed E-state index contributed by atoms with van der Waals surface area (Å²) in [5, 5.41) is 0. The molecule has 0 radical (unpaired) electrons. The third-order valence-electron chi connectivity index (χ3n) is 2.93. The Bertz CT molecular complexity index is 411. The van der Waals surface area contributed by atoms with Crippen molar-refractivity contribution in [1.29, 1.82) is 0 Å². The van der Waals surface area contributed by atoms with Crippen LogP contribution in [0.2, 0.25) is 0 Å². The Morgan fingerprint density at radius 3 is 2.82 bits per heavy atom. The first-order chi connectivity index (χ1) is 8.22. The highest BCUT2D eigenvalue weighted by atomic mass is 16.5. The standard InChI is InChI=1S/C12H14N2O3/c1-17-12(16)10-8-14(7-4-11(10)15)9-2-5-13-6-3-9/h2-3,5-6,10H,4,7-8H2,1H3. The number of methoxy groups -OCH3 is 1. The summed E-state index contributed by atoms with van der Waals surface area (Å²) in [5.41, 5.74) is 0.974. The minimum absolute atomic E-state index is 0.0397. The van der Waals surface area contributed by atoms with Crippen molar-refractivity contribution in [3.63, 3.8) is 0 Å². The highest BCUT2D eigenvalue weighted by molar-refractivity contribution is 6.00. The maximum absolute atomic E-state index is 11.6. The Labute approximate surface area is 99.4 Å². The van der Waals surface area contributed by atoms with Gasteiger partial charge < -0.3 is 9.64 Å². The van der Waals surface area contributed by atoms with Gasteiger partial charge in [-0.05, 0) is 12.1 Å². The van der Waals surface area contributed by atoms with Crippen LogP contribution >= 0.6 is 0 Å². The fraction of sp³-hybridized carbons (Fsp3) is 0.417. The number of Topliss-reactive ketones (excluding diaryl/α,β-unsaturated/α-hetero) is 1. The molecule has 0 saturated carbocycles. The molecule has 90 valence electrons. The van der Waals surface area contributed by atoms with E-state index in [0.717, 1.165) is 5.69 Å². The number of aromatic nitrogens is 1. The van der Waals surface area contributed by atoms with Gasteiger partial charge in [-0.3, -0.25) is 14.6 Å². The van der Waals surface area contributed by atoms with Crippen molar-refractivity contribution in [3.8, 4) is 0 Å². The summed E-state index contributed by atoms with van der Waals surface area (Å²) >= 11 is 0. The zero-order chi connectivity index (χ0) is 12.3. The van der Waals surface area contributed by atoms with Gasteiger partial charge in [0, 0.05) is 37.6 Å². The van der Waals surface area contributed by atoms with Gasteiger partial charge in [0.2, 0.25) is 0 Å². The number of anilines is 1. The average molecular weight is 234 g/mol. The van der Waals surface area contributed by atoms with Crippen LogP contribution in [0.3, 0.4) is 0 Å². The molecule has 0 spiro atoms. The average Bonchev–Trinajstić information content (AvgIpc) is 2.39. The Morgan fingerprint density at radius 1 is 1.47 bits per heavy atom.